The summed E-state index contributed by atoms with van der Waals surface area (Å²) >= 11 is 0. The van der Waals surface area contributed by atoms with Crippen molar-refractivity contribution in [2.75, 3.05) is 0 Å². The van der Waals surface area contributed by atoms with E-state index in [1.54, 1.807) is 0 Å². The van der Waals surface area contributed by atoms with Crippen LogP contribution in [0, 0.1) is 11.8 Å². The van der Waals surface area contributed by atoms with Crippen molar-refractivity contribution in [1.29, 1.82) is 0 Å². The number of hydrogen-bond acceptors (Lipinski definition) is 2. The molecule has 2 heteroatoms. The number of rotatable bonds is 2. The number of aliphatic hydroxyl groups is 1. The van der Waals surface area contributed by atoms with E-state index in [0.717, 1.165) is 25.5 Å². The highest BCUT2D eigenvalue weighted by Gasteiger charge is 2.35. The second-order valence-corrected chi connectivity index (χ2v) is 4.29. The summed E-state index contributed by atoms with van der Waals surface area (Å²) in [6.45, 7) is 4.37. The van der Waals surface area contributed by atoms with Gasteiger partial charge in [-0.15, -0.1) is 0 Å². The first-order valence-electron chi connectivity index (χ1n) is 4.73. The normalized spacial score (nSPS) is 42.6. The average molecular weight is 170 g/mol. The van der Waals surface area contributed by atoms with Crippen molar-refractivity contribution in [2.45, 2.75) is 45.1 Å². The van der Waals surface area contributed by atoms with Crippen LogP contribution in [0.4, 0.5) is 0 Å². The third-order valence-corrected chi connectivity index (χ3v) is 3.20. The van der Waals surface area contributed by atoms with E-state index in [-0.39, 0.29) is 0 Å². The van der Waals surface area contributed by atoms with Gasteiger partial charge in [0.1, 0.15) is 6.29 Å². The van der Waals surface area contributed by atoms with E-state index < -0.39 is 5.60 Å². The predicted molar refractivity (Wildman–Crippen MR) is 47.8 cm³/mol. The number of carbonyl (C=O) groups is 1. The van der Waals surface area contributed by atoms with Crippen LogP contribution in [-0.2, 0) is 4.79 Å². The second kappa shape index (κ2) is 3.56. The molecule has 0 aromatic carbocycles. The third kappa shape index (κ3) is 2.07. The molecule has 2 nitrogen and oxygen atoms in total. The van der Waals surface area contributed by atoms with E-state index in [0.29, 0.717) is 18.3 Å². The van der Waals surface area contributed by atoms with Gasteiger partial charge in [0.2, 0.25) is 0 Å². The molecule has 0 radical (unpaired) electrons. The zero-order valence-corrected chi connectivity index (χ0v) is 7.92. The Kier molecular flexibility index (Phi) is 2.89. The molecule has 0 aliphatic heterocycles. The molecule has 1 N–H and O–H groups in total. The van der Waals surface area contributed by atoms with Crippen LogP contribution < -0.4 is 0 Å². The van der Waals surface area contributed by atoms with Crippen molar-refractivity contribution >= 4 is 6.29 Å². The third-order valence-electron chi connectivity index (χ3n) is 3.20. The van der Waals surface area contributed by atoms with Crippen LogP contribution in [0.15, 0.2) is 0 Å². The molecule has 3 unspecified atom stereocenters. The summed E-state index contributed by atoms with van der Waals surface area (Å²) in [5.41, 5.74) is -0.687. The molecule has 1 fully saturated rings. The van der Waals surface area contributed by atoms with E-state index >= 15 is 0 Å². The first-order valence-corrected chi connectivity index (χ1v) is 4.73. The summed E-state index contributed by atoms with van der Waals surface area (Å²) in [5.74, 6) is 1.24. The highest BCUT2D eigenvalue weighted by atomic mass is 16.3. The molecule has 0 aromatic rings. The molecule has 0 spiro atoms. The first kappa shape index (κ1) is 9.72. The van der Waals surface area contributed by atoms with Crippen molar-refractivity contribution in [3.63, 3.8) is 0 Å². The Hall–Kier alpha value is -0.370. The predicted octanol–water partition coefficient (Wildman–Crippen LogP) is 1.76. The van der Waals surface area contributed by atoms with Crippen LogP contribution >= 0.6 is 0 Å². The van der Waals surface area contributed by atoms with Crippen LogP contribution in [-0.4, -0.2) is 17.0 Å². The van der Waals surface area contributed by atoms with Crippen LogP contribution in [0.25, 0.3) is 0 Å². The van der Waals surface area contributed by atoms with E-state index in [9.17, 15) is 9.90 Å². The van der Waals surface area contributed by atoms with Gasteiger partial charge in [0.25, 0.3) is 0 Å². The van der Waals surface area contributed by atoms with Crippen LogP contribution in [0.1, 0.15) is 39.5 Å². The quantitative estimate of drug-likeness (QED) is 0.641. The largest absolute Gasteiger partial charge is 0.389 e. The van der Waals surface area contributed by atoms with Gasteiger partial charge in [-0.2, -0.15) is 0 Å². The van der Waals surface area contributed by atoms with Crippen molar-refractivity contribution in [3.8, 4) is 0 Å². The number of carbonyl (C=O) groups excluding carboxylic acids is 1. The minimum Gasteiger partial charge on any atom is -0.389 e. The molecule has 0 heterocycles. The lowest BCUT2D eigenvalue weighted by Crippen LogP contribution is -2.37. The fourth-order valence-corrected chi connectivity index (χ4v) is 2.02. The molecule has 1 saturated carbocycles. The summed E-state index contributed by atoms with van der Waals surface area (Å²) < 4.78 is 0. The molecule has 1 aliphatic carbocycles. The molecule has 0 amide bonds. The summed E-state index contributed by atoms with van der Waals surface area (Å²) in [5, 5.41) is 9.93. The topological polar surface area (TPSA) is 37.3 Å². The van der Waals surface area contributed by atoms with Gasteiger partial charge in [-0.3, -0.25) is 0 Å². The highest BCUT2D eigenvalue weighted by molar-refractivity contribution is 5.51. The zero-order valence-electron chi connectivity index (χ0n) is 7.92. The summed E-state index contributed by atoms with van der Waals surface area (Å²) in [6.07, 6.45) is 3.77. The average Bonchev–Trinajstić information content (AvgIpc) is 1.98. The van der Waals surface area contributed by atoms with Crippen molar-refractivity contribution in [2.24, 2.45) is 11.8 Å². The van der Waals surface area contributed by atoms with Crippen LogP contribution in [0.5, 0.6) is 0 Å². The molecule has 0 aromatic heterocycles. The highest BCUT2D eigenvalue weighted by Crippen LogP contribution is 2.37. The maximum Gasteiger partial charge on any atom is 0.122 e. The molecule has 0 saturated heterocycles. The Morgan fingerprint density at radius 3 is 2.67 bits per heavy atom. The standard InChI is InChI=1S/C10H18O2/c1-8-3-4-10(12,5-6-11)7-9(8)2/h6,8-9,12H,3-5,7H2,1-2H3. The Labute approximate surface area is 74.0 Å². The minimum absolute atomic E-state index is 0.310. The molecule has 3 atom stereocenters. The van der Waals surface area contributed by atoms with E-state index in [4.69, 9.17) is 0 Å². The smallest absolute Gasteiger partial charge is 0.122 e. The lowest BCUT2D eigenvalue weighted by molar-refractivity contribution is -0.115. The van der Waals surface area contributed by atoms with Gasteiger partial charge in [-0.05, 0) is 31.1 Å². The monoisotopic (exact) mass is 170 g/mol. The molecule has 1 aliphatic rings. The van der Waals surface area contributed by atoms with Gasteiger partial charge in [-0.1, -0.05) is 13.8 Å². The van der Waals surface area contributed by atoms with Gasteiger partial charge in [0.15, 0.2) is 0 Å². The van der Waals surface area contributed by atoms with Gasteiger partial charge in [-0.25, -0.2) is 0 Å². The minimum atomic E-state index is -0.687. The van der Waals surface area contributed by atoms with E-state index in [1.165, 1.54) is 0 Å². The fourth-order valence-electron chi connectivity index (χ4n) is 2.02. The molecule has 1 rings (SSSR count). The molecular formula is C10H18O2. The summed E-state index contributed by atoms with van der Waals surface area (Å²) in [7, 11) is 0. The van der Waals surface area contributed by atoms with Crippen molar-refractivity contribution < 1.29 is 9.90 Å². The fraction of sp³-hybridized carbons (Fsp3) is 0.900. The molecule has 12 heavy (non-hydrogen) atoms. The Morgan fingerprint density at radius 2 is 2.17 bits per heavy atom. The van der Waals surface area contributed by atoms with Gasteiger partial charge in [0.05, 0.1) is 5.60 Å². The lowest BCUT2D eigenvalue weighted by atomic mass is 9.72. The van der Waals surface area contributed by atoms with E-state index in [2.05, 4.69) is 13.8 Å². The number of hydrogen-bond donors (Lipinski definition) is 1. The Bertz CT molecular complexity index is 167. The molecular weight excluding hydrogens is 152 g/mol. The SMILES string of the molecule is CC1CCC(O)(CC=O)CC1C. The van der Waals surface area contributed by atoms with Gasteiger partial charge in [0, 0.05) is 6.42 Å². The van der Waals surface area contributed by atoms with Gasteiger partial charge >= 0.3 is 0 Å². The summed E-state index contributed by atoms with van der Waals surface area (Å²) in [4.78, 5) is 10.3. The summed E-state index contributed by atoms with van der Waals surface area (Å²) in [6, 6.07) is 0. The molecule has 0 bridgehead atoms. The zero-order chi connectivity index (χ0) is 9.19. The van der Waals surface area contributed by atoms with Gasteiger partial charge < -0.3 is 9.90 Å². The van der Waals surface area contributed by atoms with Crippen molar-refractivity contribution in [3.05, 3.63) is 0 Å². The first-order chi connectivity index (χ1) is 5.57. The maximum absolute atomic E-state index is 10.3. The lowest BCUT2D eigenvalue weighted by Gasteiger charge is -2.38. The van der Waals surface area contributed by atoms with E-state index in [1.807, 2.05) is 0 Å². The number of aldehydes is 1. The second-order valence-electron chi connectivity index (χ2n) is 4.29. The molecule has 70 valence electrons. The van der Waals surface area contributed by atoms with Crippen LogP contribution in [0.3, 0.4) is 0 Å². The van der Waals surface area contributed by atoms with Crippen molar-refractivity contribution in [1.82, 2.24) is 0 Å². The Morgan fingerprint density at radius 1 is 1.50 bits per heavy atom. The maximum atomic E-state index is 10.3. The van der Waals surface area contributed by atoms with Crippen LogP contribution in [0.2, 0.25) is 0 Å². The Balaban J connectivity index is 2.53.